The Morgan fingerprint density at radius 1 is 0.952 bits per heavy atom. The molecular formula is C18H18O2S. The summed E-state index contributed by atoms with van der Waals surface area (Å²) in [5.41, 5.74) is 4.45. The Morgan fingerprint density at radius 3 is 2.19 bits per heavy atom. The zero-order valence-corrected chi connectivity index (χ0v) is 13.3. The van der Waals surface area contributed by atoms with Crippen LogP contribution in [0.5, 0.6) is 0 Å². The first-order chi connectivity index (χ1) is 10.0. The largest absolute Gasteiger partial charge is 0.274 e. The van der Waals surface area contributed by atoms with Gasteiger partial charge in [0.2, 0.25) is 0 Å². The lowest BCUT2D eigenvalue weighted by Crippen LogP contribution is -1.98. The zero-order chi connectivity index (χ0) is 15.2. The van der Waals surface area contributed by atoms with E-state index in [0.29, 0.717) is 4.90 Å². The highest BCUT2D eigenvalue weighted by molar-refractivity contribution is 7.80. The second-order valence-electron chi connectivity index (χ2n) is 4.99. The van der Waals surface area contributed by atoms with Crippen molar-refractivity contribution in [3.8, 4) is 11.8 Å². The van der Waals surface area contributed by atoms with Crippen molar-refractivity contribution in [3.63, 3.8) is 0 Å². The van der Waals surface area contributed by atoms with Crippen LogP contribution >= 0.6 is 0 Å². The van der Waals surface area contributed by atoms with Gasteiger partial charge in [0, 0.05) is 5.56 Å². The maximum Gasteiger partial charge on any atom is 0.190 e. The molecule has 0 aliphatic heterocycles. The van der Waals surface area contributed by atoms with Crippen molar-refractivity contribution in [2.45, 2.75) is 25.7 Å². The summed E-state index contributed by atoms with van der Waals surface area (Å²) >= 11 is -1.46. The first-order valence-electron chi connectivity index (χ1n) is 6.73. The Labute approximate surface area is 128 Å². The Morgan fingerprint density at radius 2 is 1.57 bits per heavy atom. The van der Waals surface area contributed by atoms with E-state index in [-0.39, 0.29) is 6.61 Å². The second kappa shape index (κ2) is 7.21. The van der Waals surface area contributed by atoms with E-state index in [9.17, 15) is 4.21 Å². The third kappa shape index (κ3) is 4.86. The molecule has 0 aliphatic rings. The quantitative estimate of drug-likeness (QED) is 0.808. The van der Waals surface area contributed by atoms with Crippen LogP contribution in [0, 0.1) is 32.6 Å². The van der Waals surface area contributed by atoms with Gasteiger partial charge in [-0.05, 0) is 56.2 Å². The van der Waals surface area contributed by atoms with Crippen molar-refractivity contribution >= 4 is 11.1 Å². The lowest BCUT2D eigenvalue weighted by molar-refractivity contribution is 0.402. The summed E-state index contributed by atoms with van der Waals surface area (Å²) in [6.07, 6.45) is 0. The van der Waals surface area contributed by atoms with Crippen LogP contribution in [0.15, 0.2) is 47.4 Å². The minimum absolute atomic E-state index is 0.146. The van der Waals surface area contributed by atoms with Crippen LogP contribution in [0.4, 0.5) is 0 Å². The highest BCUT2D eigenvalue weighted by atomic mass is 32.2. The van der Waals surface area contributed by atoms with Gasteiger partial charge < -0.3 is 0 Å². The van der Waals surface area contributed by atoms with Gasteiger partial charge in [-0.2, -0.15) is 0 Å². The third-order valence-electron chi connectivity index (χ3n) is 2.91. The topological polar surface area (TPSA) is 26.3 Å². The number of aryl methyl sites for hydroxylation is 3. The van der Waals surface area contributed by atoms with Gasteiger partial charge in [0.25, 0.3) is 0 Å². The average molecular weight is 298 g/mol. The van der Waals surface area contributed by atoms with Gasteiger partial charge in [-0.25, -0.2) is 4.21 Å². The summed E-state index contributed by atoms with van der Waals surface area (Å²) in [5.74, 6) is 5.94. The molecule has 0 bridgehead atoms. The van der Waals surface area contributed by atoms with Gasteiger partial charge in [-0.1, -0.05) is 35.6 Å². The van der Waals surface area contributed by atoms with Crippen LogP contribution < -0.4 is 0 Å². The van der Waals surface area contributed by atoms with Crippen molar-refractivity contribution in [2.75, 3.05) is 6.61 Å². The van der Waals surface area contributed by atoms with Crippen molar-refractivity contribution in [1.82, 2.24) is 0 Å². The second-order valence-corrected chi connectivity index (χ2v) is 6.16. The van der Waals surface area contributed by atoms with Gasteiger partial charge in [0.05, 0.1) is 4.90 Å². The van der Waals surface area contributed by atoms with Crippen LogP contribution in [0.25, 0.3) is 0 Å². The van der Waals surface area contributed by atoms with Crippen LogP contribution in [0.2, 0.25) is 0 Å². The standard InChI is InChI=1S/C18H18O2S/c1-14-6-8-18(9-7-14)21(19)20-10-4-5-17-12-15(2)11-16(3)13-17/h6-9,11-13H,10H2,1-3H3/t21-/m0/s1. The Balaban J connectivity index is 1.94. The van der Waals surface area contributed by atoms with Crippen molar-refractivity contribution in [3.05, 3.63) is 64.7 Å². The Bertz CT molecular complexity index is 686. The van der Waals surface area contributed by atoms with Crippen LogP contribution in [0.1, 0.15) is 22.3 Å². The summed E-state index contributed by atoms with van der Waals surface area (Å²) in [6, 6.07) is 13.6. The van der Waals surface area contributed by atoms with Crippen molar-refractivity contribution in [1.29, 1.82) is 0 Å². The molecule has 0 fully saturated rings. The molecule has 108 valence electrons. The minimum atomic E-state index is -1.46. The summed E-state index contributed by atoms with van der Waals surface area (Å²) in [7, 11) is 0. The maximum absolute atomic E-state index is 11.9. The number of hydrogen-bond donors (Lipinski definition) is 0. The van der Waals surface area contributed by atoms with E-state index in [0.717, 1.165) is 11.1 Å². The molecule has 0 amide bonds. The molecule has 0 heterocycles. The molecule has 0 radical (unpaired) electrons. The van der Waals surface area contributed by atoms with Crippen LogP contribution in [-0.4, -0.2) is 10.8 Å². The van der Waals surface area contributed by atoms with Gasteiger partial charge in [-0.3, -0.25) is 4.18 Å². The fourth-order valence-electron chi connectivity index (χ4n) is 1.99. The number of rotatable bonds is 3. The van der Waals surface area contributed by atoms with Crippen LogP contribution in [-0.2, 0) is 15.3 Å². The first kappa shape index (κ1) is 15.5. The highest BCUT2D eigenvalue weighted by Crippen LogP contribution is 2.09. The van der Waals surface area contributed by atoms with Crippen LogP contribution in [0.3, 0.4) is 0 Å². The summed E-state index contributed by atoms with van der Waals surface area (Å²) in [5, 5.41) is 0. The van der Waals surface area contributed by atoms with Crippen molar-refractivity contribution < 1.29 is 8.39 Å². The monoisotopic (exact) mass is 298 g/mol. The summed E-state index contributed by atoms with van der Waals surface area (Å²) in [6.45, 7) is 6.22. The molecule has 2 aromatic carbocycles. The molecular weight excluding hydrogens is 280 g/mol. The van der Waals surface area contributed by atoms with Gasteiger partial charge in [-0.15, -0.1) is 0 Å². The van der Waals surface area contributed by atoms with E-state index < -0.39 is 11.1 Å². The number of benzene rings is 2. The lowest BCUT2D eigenvalue weighted by Gasteiger charge is -2.00. The average Bonchev–Trinajstić information content (AvgIpc) is 2.43. The van der Waals surface area contributed by atoms with Gasteiger partial charge >= 0.3 is 0 Å². The fourth-order valence-corrected chi connectivity index (χ4v) is 2.65. The smallest absolute Gasteiger partial charge is 0.190 e. The van der Waals surface area contributed by atoms with E-state index >= 15 is 0 Å². The van der Waals surface area contributed by atoms with Gasteiger partial charge in [0.15, 0.2) is 11.1 Å². The lowest BCUT2D eigenvalue weighted by atomic mass is 10.1. The highest BCUT2D eigenvalue weighted by Gasteiger charge is 2.02. The molecule has 0 saturated heterocycles. The zero-order valence-electron chi connectivity index (χ0n) is 12.5. The minimum Gasteiger partial charge on any atom is -0.274 e. The molecule has 0 unspecified atom stereocenters. The molecule has 0 N–H and O–H groups in total. The normalized spacial score (nSPS) is 11.6. The molecule has 3 heteroatoms. The molecule has 21 heavy (non-hydrogen) atoms. The molecule has 2 aromatic rings. The predicted molar refractivity (Wildman–Crippen MR) is 86.3 cm³/mol. The molecule has 2 rings (SSSR count). The predicted octanol–water partition coefficient (Wildman–Crippen LogP) is 3.70. The summed E-state index contributed by atoms with van der Waals surface area (Å²) in [4.78, 5) is 0.661. The molecule has 0 aliphatic carbocycles. The number of hydrogen-bond acceptors (Lipinski definition) is 2. The maximum atomic E-state index is 11.9. The molecule has 0 spiro atoms. The molecule has 1 atom stereocenters. The Hall–Kier alpha value is -1.89. The van der Waals surface area contributed by atoms with E-state index in [1.165, 1.54) is 11.1 Å². The fraction of sp³-hybridized carbons (Fsp3) is 0.222. The molecule has 2 nitrogen and oxygen atoms in total. The third-order valence-corrected chi connectivity index (χ3v) is 3.89. The van der Waals surface area contributed by atoms with E-state index in [4.69, 9.17) is 4.18 Å². The van der Waals surface area contributed by atoms with E-state index in [1.807, 2.05) is 57.2 Å². The summed E-state index contributed by atoms with van der Waals surface area (Å²) < 4.78 is 17.1. The molecule has 0 aromatic heterocycles. The van der Waals surface area contributed by atoms with E-state index in [2.05, 4.69) is 17.9 Å². The van der Waals surface area contributed by atoms with Gasteiger partial charge in [0.1, 0.15) is 6.61 Å². The molecule has 0 saturated carbocycles. The first-order valence-corrected chi connectivity index (χ1v) is 7.81. The van der Waals surface area contributed by atoms with E-state index in [1.54, 1.807) is 0 Å². The Kier molecular flexibility index (Phi) is 5.32. The SMILES string of the molecule is Cc1ccc([S@@](=O)OCC#Cc2cc(C)cc(C)c2)cc1. The van der Waals surface area contributed by atoms with Crippen molar-refractivity contribution in [2.24, 2.45) is 0 Å².